The molecule has 3 heteroatoms. The Kier molecular flexibility index (Phi) is 2.99. The lowest BCUT2D eigenvalue weighted by atomic mass is 9.64. The van der Waals surface area contributed by atoms with Crippen LogP contribution in [0.5, 0.6) is 0 Å². The topological polar surface area (TPSA) is 38.3 Å². The van der Waals surface area contributed by atoms with Gasteiger partial charge in [-0.25, -0.2) is 0 Å². The summed E-state index contributed by atoms with van der Waals surface area (Å²) in [6.45, 7) is 6.78. The van der Waals surface area contributed by atoms with Gasteiger partial charge in [0.1, 0.15) is 11.6 Å². The molecule has 1 unspecified atom stereocenters. The zero-order chi connectivity index (χ0) is 11.8. The predicted octanol–water partition coefficient (Wildman–Crippen LogP) is 2.25. The molecular weight excluding hydrogens is 202 g/mol. The van der Waals surface area contributed by atoms with E-state index in [1.165, 1.54) is 32.1 Å². The molecule has 0 bridgehead atoms. The maximum Gasteiger partial charge on any atom is 0.324 e. The van der Waals surface area contributed by atoms with Gasteiger partial charge in [0.25, 0.3) is 0 Å². The number of esters is 1. The van der Waals surface area contributed by atoms with E-state index in [0.717, 1.165) is 6.54 Å². The SMILES string of the molecule is CC(C)(C)OC(=O)C1NCC12CCCCC2. The first-order chi connectivity index (χ1) is 7.43. The van der Waals surface area contributed by atoms with Crippen LogP contribution in [-0.2, 0) is 9.53 Å². The molecule has 0 radical (unpaired) electrons. The lowest BCUT2D eigenvalue weighted by Gasteiger charge is -2.51. The van der Waals surface area contributed by atoms with Crippen LogP contribution in [-0.4, -0.2) is 24.2 Å². The molecule has 3 nitrogen and oxygen atoms in total. The fourth-order valence-electron chi connectivity index (χ4n) is 2.91. The summed E-state index contributed by atoms with van der Waals surface area (Å²) in [5.41, 5.74) is -0.148. The molecule has 1 spiro atoms. The van der Waals surface area contributed by atoms with Gasteiger partial charge in [-0.3, -0.25) is 4.79 Å². The zero-order valence-electron chi connectivity index (χ0n) is 10.6. The zero-order valence-corrected chi connectivity index (χ0v) is 10.6. The highest BCUT2D eigenvalue weighted by atomic mass is 16.6. The number of hydrogen-bond donors (Lipinski definition) is 1. The third-order valence-electron chi connectivity index (χ3n) is 3.76. The fourth-order valence-corrected chi connectivity index (χ4v) is 2.91. The van der Waals surface area contributed by atoms with Crippen molar-refractivity contribution < 1.29 is 9.53 Å². The van der Waals surface area contributed by atoms with Gasteiger partial charge in [0.15, 0.2) is 0 Å². The van der Waals surface area contributed by atoms with E-state index in [-0.39, 0.29) is 23.0 Å². The Morgan fingerprint density at radius 1 is 1.25 bits per heavy atom. The first-order valence-corrected chi connectivity index (χ1v) is 6.39. The summed E-state index contributed by atoms with van der Waals surface area (Å²) >= 11 is 0. The molecule has 1 aliphatic carbocycles. The third-order valence-corrected chi connectivity index (χ3v) is 3.76. The molecule has 2 rings (SSSR count). The fraction of sp³-hybridized carbons (Fsp3) is 0.923. The van der Waals surface area contributed by atoms with Crippen molar-refractivity contribution in [2.45, 2.75) is 64.5 Å². The van der Waals surface area contributed by atoms with Crippen molar-refractivity contribution >= 4 is 5.97 Å². The number of hydrogen-bond acceptors (Lipinski definition) is 3. The lowest BCUT2D eigenvalue weighted by molar-refractivity contribution is -0.167. The van der Waals surface area contributed by atoms with Crippen LogP contribution >= 0.6 is 0 Å². The molecule has 0 aromatic carbocycles. The second-order valence-corrected chi connectivity index (χ2v) is 6.27. The van der Waals surface area contributed by atoms with Crippen LogP contribution in [0.25, 0.3) is 0 Å². The van der Waals surface area contributed by atoms with E-state index < -0.39 is 0 Å². The molecule has 16 heavy (non-hydrogen) atoms. The summed E-state index contributed by atoms with van der Waals surface area (Å²) in [6, 6.07) is -0.0491. The van der Waals surface area contributed by atoms with Crippen molar-refractivity contribution in [1.82, 2.24) is 5.32 Å². The van der Waals surface area contributed by atoms with E-state index in [1.54, 1.807) is 0 Å². The van der Waals surface area contributed by atoms with E-state index in [9.17, 15) is 4.79 Å². The summed E-state index contributed by atoms with van der Waals surface area (Å²) in [7, 11) is 0. The molecule has 0 aromatic heterocycles. The summed E-state index contributed by atoms with van der Waals surface area (Å²) in [5, 5.41) is 3.25. The van der Waals surface area contributed by atoms with Crippen molar-refractivity contribution in [3.8, 4) is 0 Å². The number of carbonyl (C=O) groups excluding carboxylic acids is 1. The highest BCUT2D eigenvalue weighted by molar-refractivity contribution is 5.78. The third kappa shape index (κ3) is 2.24. The van der Waals surface area contributed by atoms with Crippen LogP contribution in [0.1, 0.15) is 52.9 Å². The summed E-state index contributed by atoms with van der Waals surface area (Å²) in [6.07, 6.45) is 6.22. The van der Waals surface area contributed by atoms with Gasteiger partial charge in [0.05, 0.1) is 0 Å². The van der Waals surface area contributed by atoms with Gasteiger partial charge < -0.3 is 10.1 Å². The largest absolute Gasteiger partial charge is 0.459 e. The van der Waals surface area contributed by atoms with E-state index in [0.29, 0.717) is 0 Å². The van der Waals surface area contributed by atoms with E-state index in [1.807, 2.05) is 20.8 Å². The van der Waals surface area contributed by atoms with Crippen molar-refractivity contribution in [2.24, 2.45) is 5.41 Å². The molecule has 0 aromatic rings. The Balaban J connectivity index is 1.97. The van der Waals surface area contributed by atoms with E-state index >= 15 is 0 Å². The number of ether oxygens (including phenoxy) is 1. The van der Waals surface area contributed by atoms with Crippen molar-refractivity contribution in [2.75, 3.05) is 6.54 Å². The average Bonchev–Trinajstić information content (AvgIpc) is 2.14. The van der Waals surface area contributed by atoms with Gasteiger partial charge in [-0.05, 0) is 33.6 Å². The Morgan fingerprint density at radius 3 is 2.31 bits per heavy atom. The van der Waals surface area contributed by atoms with Crippen molar-refractivity contribution in [3.05, 3.63) is 0 Å². The second kappa shape index (κ2) is 4.02. The quantitative estimate of drug-likeness (QED) is 0.696. The van der Waals surface area contributed by atoms with Gasteiger partial charge in [-0.1, -0.05) is 19.3 Å². The monoisotopic (exact) mass is 225 g/mol. The predicted molar refractivity (Wildman–Crippen MR) is 63.2 cm³/mol. The van der Waals surface area contributed by atoms with Gasteiger partial charge in [0.2, 0.25) is 0 Å². The highest BCUT2D eigenvalue weighted by Gasteiger charge is 2.51. The standard InChI is InChI=1S/C13H23NO2/c1-12(2,3)16-11(15)10-13(9-14-10)7-5-4-6-8-13/h10,14H,4-9H2,1-3H3. The van der Waals surface area contributed by atoms with Gasteiger partial charge in [0, 0.05) is 12.0 Å². The van der Waals surface area contributed by atoms with Gasteiger partial charge in [-0.15, -0.1) is 0 Å². The maximum absolute atomic E-state index is 12.0. The average molecular weight is 225 g/mol. The van der Waals surface area contributed by atoms with E-state index in [4.69, 9.17) is 4.74 Å². The molecule has 1 atom stereocenters. The van der Waals surface area contributed by atoms with Crippen LogP contribution in [0.3, 0.4) is 0 Å². The Hall–Kier alpha value is -0.570. The molecule has 0 amide bonds. The smallest absolute Gasteiger partial charge is 0.324 e. The number of rotatable bonds is 1. The number of carbonyl (C=O) groups is 1. The summed E-state index contributed by atoms with van der Waals surface area (Å²) < 4.78 is 5.47. The van der Waals surface area contributed by atoms with Crippen LogP contribution in [0.4, 0.5) is 0 Å². The van der Waals surface area contributed by atoms with Crippen molar-refractivity contribution in [1.29, 1.82) is 0 Å². The second-order valence-electron chi connectivity index (χ2n) is 6.27. The Labute approximate surface area is 97.9 Å². The van der Waals surface area contributed by atoms with E-state index in [2.05, 4.69) is 5.32 Å². The number of nitrogens with one attached hydrogen (secondary N) is 1. The summed E-state index contributed by atoms with van der Waals surface area (Å²) in [4.78, 5) is 12.0. The maximum atomic E-state index is 12.0. The molecule has 92 valence electrons. The minimum Gasteiger partial charge on any atom is -0.459 e. The van der Waals surface area contributed by atoms with Crippen LogP contribution in [0.15, 0.2) is 0 Å². The Morgan fingerprint density at radius 2 is 1.88 bits per heavy atom. The molecule has 1 saturated carbocycles. The lowest BCUT2D eigenvalue weighted by Crippen LogP contribution is -2.67. The minimum absolute atomic E-state index is 0.0491. The first-order valence-electron chi connectivity index (χ1n) is 6.39. The van der Waals surface area contributed by atoms with Crippen LogP contribution < -0.4 is 5.32 Å². The van der Waals surface area contributed by atoms with Crippen molar-refractivity contribution in [3.63, 3.8) is 0 Å². The molecule has 1 aliphatic heterocycles. The minimum atomic E-state index is -0.371. The van der Waals surface area contributed by atoms with Gasteiger partial charge in [-0.2, -0.15) is 0 Å². The van der Waals surface area contributed by atoms with Crippen LogP contribution in [0, 0.1) is 5.41 Å². The van der Waals surface area contributed by atoms with Crippen LogP contribution in [0.2, 0.25) is 0 Å². The summed E-state index contributed by atoms with van der Waals surface area (Å²) in [5.74, 6) is -0.0550. The highest BCUT2D eigenvalue weighted by Crippen LogP contribution is 2.44. The molecule has 1 N–H and O–H groups in total. The first kappa shape index (κ1) is 11.9. The van der Waals surface area contributed by atoms with Gasteiger partial charge >= 0.3 is 5.97 Å². The molecule has 1 saturated heterocycles. The Bertz CT molecular complexity index is 274. The molecule has 2 aliphatic rings. The molecule has 2 fully saturated rings. The molecule has 1 heterocycles. The molecular formula is C13H23NO2. The normalized spacial score (nSPS) is 28.6.